The van der Waals surface area contributed by atoms with Gasteiger partial charge in [0.25, 0.3) is 0 Å². The summed E-state index contributed by atoms with van der Waals surface area (Å²) in [5.74, 6) is -2.07. The molecule has 0 fully saturated rings. The normalized spacial score (nSPS) is 16.5. The number of aromatic nitrogens is 1. The SMILES string of the molecule is C[C@@H]1Cc2nc(NC(=O)CC(C)(C)C)c(F)cc2N(Cc2ccc(F)cc2F)C1. The van der Waals surface area contributed by atoms with Crippen LogP contribution in [0.25, 0.3) is 0 Å². The lowest BCUT2D eigenvalue weighted by atomic mass is 9.92. The van der Waals surface area contributed by atoms with Gasteiger partial charge in [0, 0.05) is 37.2 Å². The molecular weight excluding hydrogens is 379 g/mol. The third-order valence-electron chi connectivity index (χ3n) is 4.77. The summed E-state index contributed by atoms with van der Waals surface area (Å²) < 4.78 is 42.0. The second kappa shape index (κ2) is 8.05. The molecule has 156 valence electrons. The van der Waals surface area contributed by atoms with E-state index in [1.807, 2.05) is 32.6 Å². The van der Waals surface area contributed by atoms with Gasteiger partial charge in [0.1, 0.15) is 11.6 Å². The molecule has 0 spiro atoms. The molecule has 1 aliphatic rings. The van der Waals surface area contributed by atoms with Crippen LogP contribution in [0, 0.1) is 28.8 Å². The smallest absolute Gasteiger partial charge is 0.226 e. The molecule has 4 nitrogen and oxygen atoms in total. The fraction of sp³-hybridized carbons (Fsp3) is 0.455. The first kappa shape index (κ1) is 21.1. The molecule has 2 aromatic rings. The van der Waals surface area contributed by atoms with Crippen molar-refractivity contribution in [1.29, 1.82) is 0 Å². The van der Waals surface area contributed by atoms with Gasteiger partial charge in [-0.1, -0.05) is 33.8 Å². The fourth-order valence-electron chi connectivity index (χ4n) is 3.56. The van der Waals surface area contributed by atoms with Gasteiger partial charge in [0.15, 0.2) is 11.6 Å². The van der Waals surface area contributed by atoms with Crippen LogP contribution in [-0.2, 0) is 17.8 Å². The largest absolute Gasteiger partial charge is 0.365 e. The molecule has 1 aromatic heterocycles. The first-order valence-electron chi connectivity index (χ1n) is 9.70. The Labute approximate surface area is 169 Å². The number of nitrogens with zero attached hydrogens (tertiary/aromatic N) is 2. The van der Waals surface area contributed by atoms with Gasteiger partial charge >= 0.3 is 0 Å². The van der Waals surface area contributed by atoms with Crippen LogP contribution in [0.5, 0.6) is 0 Å². The van der Waals surface area contributed by atoms with E-state index in [4.69, 9.17) is 0 Å². The van der Waals surface area contributed by atoms with E-state index in [1.54, 1.807) is 0 Å². The van der Waals surface area contributed by atoms with Crippen LogP contribution in [0.3, 0.4) is 0 Å². The third-order valence-corrected chi connectivity index (χ3v) is 4.77. The number of anilines is 2. The van der Waals surface area contributed by atoms with Crippen molar-refractivity contribution in [2.45, 2.75) is 47.1 Å². The van der Waals surface area contributed by atoms with Crippen LogP contribution in [0.1, 0.15) is 45.4 Å². The maximum Gasteiger partial charge on any atom is 0.226 e. The maximum absolute atomic E-state index is 14.7. The highest BCUT2D eigenvalue weighted by molar-refractivity contribution is 5.90. The van der Waals surface area contributed by atoms with E-state index in [2.05, 4.69) is 10.3 Å². The van der Waals surface area contributed by atoms with Crippen LogP contribution in [-0.4, -0.2) is 17.4 Å². The van der Waals surface area contributed by atoms with E-state index < -0.39 is 17.5 Å². The first-order valence-corrected chi connectivity index (χ1v) is 9.70. The molecule has 0 bridgehead atoms. The molecule has 0 aliphatic carbocycles. The predicted molar refractivity (Wildman–Crippen MR) is 107 cm³/mol. The number of halogens is 3. The second-order valence-corrected chi connectivity index (χ2v) is 9.00. The zero-order valence-electron chi connectivity index (χ0n) is 17.2. The number of rotatable bonds is 4. The van der Waals surface area contributed by atoms with Crippen molar-refractivity contribution in [3.63, 3.8) is 0 Å². The second-order valence-electron chi connectivity index (χ2n) is 9.00. The molecule has 3 rings (SSSR count). The lowest BCUT2D eigenvalue weighted by Crippen LogP contribution is -2.35. The molecular formula is C22H26F3N3O. The summed E-state index contributed by atoms with van der Waals surface area (Å²) in [6.45, 7) is 8.59. The van der Waals surface area contributed by atoms with E-state index >= 15 is 0 Å². The Bertz CT molecular complexity index is 924. The Morgan fingerprint density at radius 3 is 2.59 bits per heavy atom. The van der Waals surface area contributed by atoms with E-state index in [0.717, 1.165) is 6.07 Å². The highest BCUT2D eigenvalue weighted by Gasteiger charge is 2.27. The van der Waals surface area contributed by atoms with E-state index in [9.17, 15) is 18.0 Å². The van der Waals surface area contributed by atoms with Crippen molar-refractivity contribution < 1.29 is 18.0 Å². The van der Waals surface area contributed by atoms with Gasteiger partial charge in [-0.05, 0) is 23.8 Å². The minimum atomic E-state index is -0.637. The Morgan fingerprint density at radius 1 is 1.21 bits per heavy atom. The minimum Gasteiger partial charge on any atom is -0.365 e. The van der Waals surface area contributed by atoms with Crippen LogP contribution < -0.4 is 10.2 Å². The summed E-state index contributed by atoms with van der Waals surface area (Å²) >= 11 is 0. The summed E-state index contributed by atoms with van der Waals surface area (Å²) in [5, 5.41) is 2.57. The minimum absolute atomic E-state index is 0.0833. The van der Waals surface area contributed by atoms with Gasteiger partial charge in [0.05, 0.1) is 11.4 Å². The zero-order valence-corrected chi connectivity index (χ0v) is 17.2. The molecule has 29 heavy (non-hydrogen) atoms. The molecule has 1 N–H and O–H groups in total. The number of hydrogen-bond donors (Lipinski definition) is 1. The van der Waals surface area contributed by atoms with Crippen LogP contribution in [0.4, 0.5) is 24.7 Å². The number of carbonyl (C=O) groups is 1. The molecule has 7 heteroatoms. The van der Waals surface area contributed by atoms with Crippen LogP contribution >= 0.6 is 0 Å². The van der Waals surface area contributed by atoms with Crippen molar-refractivity contribution in [3.8, 4) is 0 Å². The number of amides is 1. The molecule has 1 atom stereocenters. The van der Waals surface area contributed by atoms with Crippen LogP contribution in [0.15, 0.2) is 24.3 Å². The van der Waals surface area contributed by atoms with Gasteiger partial charge in [-0.2, -0.15) is 0 Å². The molecule has 0 radical (unpaired) electrons. The van der Waals surface area contributed by atoms with Gasteiger partial charge in [-0.15, -0.1) is 0 Å². The Morgan fingerprint density at radius 2 is 1.93 bits per heavy atom. The quantitative estimate of drug-likeness (QED) is 0.772. The summed E-state index contributed by atoms with van der Waals surface area (Å²) in [6, 6.07) is 4.78. The standard InChI is InChI=1S/C22H26F3N3O/c1-13-7-18-19(28(11-13)12-14-5-6-15(23)8-16(14)24)9-17(25)21(26-18)27-20(29)10-22(2,3)4/h5-6,8-9,13H,7,10-12H2,1-4H3,(H,26,27,29)/t13-/m1/s1. The molecule has 1 amide bonds. The fourth-order valence-corrected chi connectivity index (χ4v) is 3.56. The number of nitrogens with one attached hydrogen (secondary N) is 1. The van der Waals surface area contributed by atoms with Gasteiger partial charge in [-0.25, -0.2) is 18.2 Å². The number of carbonyl (C=O) groups excluding carboxylic acids is 1. The van der Waals surface area contributed by atoms with Crippen molar-refractivity contribution in [1.82, 2.24) is 4.98 Å². The molecule has 0 saturated carbocycles. The molecule has 0 saturated heterocycles. The molecule has 1 aliphatic heterocycles. The van der Waals surface area contributed by atoms with Crippen LogP contribution in [0.2, 0.25) is 0 Å². The van der Waals surface area contributed by atoms with Crippen molar-refractivity contribution in [3.05, 3.63) is 53.0 Å². The Hall–Kier alpha value is -2.57. The number of fused-ring (bicyclic) bond motifs is 1. The molecule has 2 heterocycles. The zero-order chi connectivity index (χ0) is 21.3. The van der Waals surface area contributed by atoms with Crippen molar-refractivity contribution >= 4 is 17.4 Å². The van der Waals surface area contributed by atoms with Gasteiger partial charge in [0.2, 0.25) is 5.91 Å². The highest BCUT2D eigenvalue weighted by atomic mass is 19.1. The van der Waals surface area contributed by atoms with Gasteiger partial charge in [-0.3, -0.25) is 4.79 Å². The van der Waals surface area contributed by atoms with Crippen molar-refractivity contribution in [2.24, 2.45) is 11.3 Å². The molecule has 1 aromatic carbocycles. The van der Waals surface area contributed by atoms with E-state index in [1.165, 1.54) is 18.2 Å². The first-order chi connectivity index (χ1) is 13.5. The lowest BCUT2D eigenvalue weighted by Gasteiger charge is -2.34. The number of pyridine rings is 1. The predicted octanol–water partition coefficient (Wildman–Crippen LogP) is 5.07. The topological polar surface area (TPSA) is 45.2 Å². The average Bonchev–Trinajstić information content (AvgIpc) is 2.57. The highest BCUT2D eigenvalue weighted by Crippen LogP contribution is 2.33. The van der Waals surface area contributed by atoms with E-state index in [-0.39, 0.29) is 36.0 Å². The summed E-state index contributed by atoms with van der Waals surface area (Å²) in [7, 11) is 0. The monoisotopic (exact) mass is 405 g/mol. The number of hydrogen-bond acceptors (Lipinski definition) is 3. The maximum atomic E-state index is 14.7. The summed E-state index contributed by atoms with van der Waals surface area (Å²) in [5.41, 5.74) is 1.32. The average molecular weight is 405 g/mol. The third kappa shape index (κ3) is 5.28. The molecule has 0 unspecified atom stereocenters. The Balaban J connectivity index is 1.87. The number of benzene rings is 1. The van der Waals surface area contributed by atoms with Crippen molar-refractivity contribution in [2.75, 3.05) is 16.8 Å². The van der Waals surface area contributed by atoms with Gasteiger partial charge < -0.3 is 10.2 Å². The summed E-state index contributed by atoms with van der Waals surface area (Å²) in [4.78, 5) is 18.4. The van der Waals surface area contributed by atoms with E-state index in [0.29, 0.717) is 29.9 Å². The Kier molecular flexibility index (Phi) is 5.87. The summed E-state index contributed by atoms with van der Waals surface area (Å²) in [6.07, 6.45) is 0.873. The lowest BCUT2D eigenvalue weighted by molar-refractivity contribution is -0.117.